The lowest BCUT2D eigenvalue weighted by atomic mass is 9.96. The summed E-state index contributed by atoms with van der Waals surface area (Å²) in [6, 6.07) is 13.7. The van der Waals surface area contributed by atoms with Gasteiger partial charge in [-0.3, -0.25) is 4.79 Å². The Labute approximate surface area is 135 Å². The second-order valence-electron chi connectivity index (χ2n) is 6.65. The molecule has 5 nitrogen and oxygen atoms in total. The Balaban J connectivity index is 2.03. The van der Waals surface area contributed by atoms with Crippen LogP contribution in [0.25, 0.3) is 16.7 Å². The maximum Gasteiger partial charge on any atom is 0.230 e. The molecule has 0 bridgehead atoms. The Morgan fingerprint density at radius 3 is 2.61 bits per heavy atom. The number of rotatable bonds is 2. The number of hydrogen-bond acceptors (Lipinski definition) is 3. The highest BCUT2D eigenvalue weighted by atomic mass is 16.2. The molecule has 0 aliphatic heterocycles. The number of carbonyl (C=O) groups excluding carboxylic acids is 1. The number of para-hydroxylation sites is 1. The van der Waals surface area contributed by atoms with Crippen LogP contribution in [0.5, 0.6) is 0 Å². The number of fused-ring (bicyclic) bond motifs is 1. The highest BCUT2D eigenvalue weighted by molar-refractivity contribution is 5.94. The van der Waals surface area contributed by atoms with E-state index >= 15 is 0 Å². The molecule has 2 aromatic heterocycles. The molecule has 1 amide bonds. The molecule has 0 aliphatic rings. The van der Waals surface area contributed by atoms with Crippen LogP contribution in [0.3, 0.4) is 0 Å². The van der Waals surface area contributed by atoms with E-state index in [0.717, 1.165) is 16.6 Å². The molecule has 0 fully saturated rings. The topological polar surface area (TPSA) is 59.8 Å². The smallest absolute Gasteiger partial charge is 0.230 e. The number of benzene rings is 1. The Bertz CT molecular complexity index is 874. The number of aromatic nitrogens is 3. The number of anilines is 1. The summed E-state index contributed by atoms with van der Waals surface area (Å²) in [4.78, 5) is 16.9. The Morgan fingerprint density at radius 1 is 1.13 bits per heavy atom. The predicted octanol–water partition coefficient (Wildman–Crippen LogP) is 3.71. The van der Waals surface area contributed by atoms with Gasteiger partial charge in [0.2, 0.25) is 5.91 Å². The van der Waals surface area contributed by atoms with Gasteiger partial charge in [-0.05, 0) is 25.1 Å². The number of nitrogens with zero attached hydrogens (tertiary/aromatic N) is 3. The molecule has 118 valence electrons. The van der Waals surface area contributed by atoms with E-state index in [1.807, 2.05) is 70.2 Å². The third-order valence-electron chi connectivity index (χ3n) is 3.56. The highest BCUT2D eigenvalue weighted by Gasteiger charge is 2.23. The molecule has 23 heavy (non-hydrogen) atoms. The first-order valence-electron chi connectivity index (χ1n) is 7.59. The van der Waals surface area contributed by atoms with Crippen molar-refractivity contribution in [2.45, 2.75) is 27.7 Å². The molecule has 0 atom stereocenters. The fraction of sp³-hybridized carbons (Fsp3) is 0.278. The quantitative estimate of drug-likeness (QED) is 0.785. The van der Waals surface area contributed by atoms with E-state index in [-0.39, 0.29) is 5.91 Å². The highest BCUT2D eigenvalue weighted by Crippen LogP contribution is 2.22. The first-order chi connectivity index (χ1) is 10.8. The van der Waals surface area contributed by atoms with Gasteiger partial charge < -0.3 is 5.32 Å². The molecular formula is C18H20N4O. The lowest BCUT2D eigenvalue weighted by Gasteiger charge is -2.18. The molecule has 3 rings (SSSR count). The average Bonchev–Trinajstić information content (AvgIpc) is 2.86. The molecule has 1 N–H and O–H groups in total. The number of aryl methyl sites for hydroxylation is 1. The van der Waals surface area contributed by atoms with E-state index in [2.05, 4.69) is 15.4 Å². The standard InChI is InChI=1S/C18H20N4O/c1-12-11-16(20-17(23)18(2,3)4)22(21-12)15-10-9-13-7-5-6-8-14(13)19-15/h5-11H,1-4H3,(H,20,23). The summed E-state index contributed by atoms with van der Waals surface area (Å²) in [5.41, 5.74) is 1.25. The number of nitrogens with one attached hydrogen (secondary N) is 1. The van der Waals surface area contributed by atoms with Gasteiger partial charge in [0.05, 0.1) is 11.2 Å². The van der Waals surface area contributed by atoms with Gasteiger partial charge in [0.15, 0.2) is 5.82 Å². The van der Waals surface area contributed by atoms with Crippen LogP contribution in [0.4, 0.5) is 5.82 Å². The zero-order valence-corrected chi connectivity index (χ0v) is 13.8. The summed E-state index contributed by atoms with van der Waals surface area (Å²) >= 11 is 0. The van der Waals surface area contributed by atoms with Gasteiger partial charge >= 0.3 is 0 Å². The minimum atomic E-state index is -0.472. The fourth-order valence-corrected chi connectivity index (χ4v) is 2.24. The van der Waals surface area contributed by atoms with Crippen LogP contribution in [0.1, 0.15) is 26.5 Å². The molecule has 3 aromatic rings. The van der Waals surface area contributed by atoms with Crippen LogP contribution in [0, 0.1) is 12.3 Å². The van der Waals surface area contributed by atoms with Gasteiger partial charge in [0.25, 0.3) is 0 Å². The zero-order chi connectivity index (χ0) is 16.6. The molecule has 0 aliphatic carbocycles. The van der Waals surface area contributed by atoms with Gasteiger partial charge in [-0.25, -0.2) is 4.98 Å². The summed E-state index contributed by atoms with van der Waals surface area (Å²) < 4.78 is 1.67. The summed E-state index contributed by atoms with van der Waals surface area (Å²) in [6.45, 7) is 7.53. The lowest BCUT2D eigenvalue weighted by Crippen LogP contribution is -2.28. The molecule has 0 radical (unpaired) electrons. The summed E-state index contributed by atoms with van der Waals surface area (Å²) in [7, 11) is 0. The third kappa shape index (κ3) is 3.08. The van der Waals surface area contributed by atoms with Crippen molar-refractivity contribution in [2.24, 2.45) is 5.41 Å². The van der Waals surface area contributed by atoms with E-state index in [9.17, 15) is 4.79 Å². The van der Waals surface area contributed by atoms with E-state index < -0.39 is 5.41 Å². The number of amides is 1. The molecule has 2 heterocycles. The first-order valence-corrected chi connectivity index (χ1v) is 7.59. The van der Waals surface area contributed by atoms with Crippen LogP contribution >= 0.6 is 0 Å². The van der Waals surface area contributed by atoms with Crippen LogP contribution in [0.2, 0.25) is 0 Å². The van der Waals surface area contributed by atoms with Crippen LogP contribution in [-0.2, 0) is 4.79 Å². The number of hydrogen-bond donors (Lipinski definition) is 1. The third-order valence-corrected chi connectivity index (χ3v) is 3.56. The van der Waals surface area contributed by atoms with Crippen molar-refractivity contribution in [3.63, 3.8) is 0 Å². The molecular weight excluding hydrogens is 288 g/mol. The number of carbonyl (C=O) groups is 1. The summed E-state index contributed by atoms with van der Waals surface area (Å²) in [5, 5.41) is 8.47. The molecule has 0 spiro atoms. The van der Waals surface area contributed by atoms with Gasteiger partial charge in [0.1, 0.15) is 5.82 Å². The largest absolute Gasteiger partial charge is 0.310 e. The van der Waals surface area contributed by atoms with Gasteiger partial charge in [-0.2, -0.15) is 9.78 Å². The minimum Gasteiger partial charge on any atom is -0.310 e. The average molecular weight is 308 g/mol. The van der Waals surface area contributed by atoms with Gasteiger partial charge in [0, 0.05) is 16.9 Å². The minimum absolute atomic E-state index is 0.0561. The van der Waals surface area contributed by atoms with E-state index in [1.165, 1.54) is 0 Å². The van der Waals surface area contributed by atoms with Crippen LogP contribution in [-0.4, -0.2) is 20.7 Å². The van der Waals surface area contributed by atoms with Crippen molar-refractivity contribution in [1.29, 1.82) is 0 Å². The fourth-order valence-electron chi connectivity index (χ4n) is 2.24. The molecule has 0 unspecified atom stereocenters. The van der Waals surface area contributed by atoms with Crippen molar-refractivity contribution in [3.8, 4) is 5.82 Å². The summed E-state index contributed by atoms with van der Waals surface area (Å²) in [5.74, 6) is 1.26. The second-order valence-corrected chi connectivity index (χ2v) is 6.65. The Morgan fingerprint density at radius 2 is 1.87 bits per heavy atom. The van der Waals surface area contributed by atoms with Crippen molar-refractivity contribution in [3.05, 3.63) is 48.2 Å². The van der Waals surface area contributed by atoms with E-state index in [0.29, 0.717) is 11.6 Å². The van der Waals surface area contributed by atoms with Crippen molar-refractivity contribution in [2.75, 3.05) is 5.32 Å². The van der Waals surface area contributed by atoms with Crippen LogP contribution < -0.4 is 5.32 Å². The maximum absolute atomic E-state index is 12.3. The van der Waals surface area contributed by atoms with Gasteiger partial charge in [-0.1, -0.05) is 39.0 Å². The molecule has 0 saturated carbocycles. The summed E-state index contributed by atoms with van der Waals surface area (Å²) in [6.07, 6.45) is 0. The van der Waals surface area contributed by atoms with Gasteiger partial charge in [-0.15, -0.1) is 0 Å². The van der Waals surface area contributed by atoms with E-state index in [1.54, 1.807) is 4.68 Å². The second kappa shape index (κ2) is 5.50. The Kier molecular flexibility index (Phi) is 3.64. The maximum atomic E-state index is 12.3. The molecule has 1 aromatic carbocycles. The van der Waals surface area contributed by atoms with Crippen LogP contribution in [0.15, 0.2) is 42.5 Å². The normalized spacial score (nSPS) is 11.7. The molecule has 0 saturated heterocycles. The van der Waals surface area contributed by atoms with Crippen molar-refractivity contribution < 1.29 is 4.79 Å². The lowest BCUT2D eigenvalue weighted by molar-refractivity contribution is -0.123. The molecule has 5 heteroatoms. The number of pyridine rings is 1. The first kappa shape index (κ1) is 15.2. The monoisotopic (exact) mass is 308 g/mol. The van der Waals surface area contributed by atoms with Crippen molar-refractivity contribution in [1.82, 2.24) is 14.8 Å². The zero-order valence-electron chi connectivity index (χ0n) is 13.8. The van der Waals surface area contributed by atoms with E-state index in [4.69, 9.17) is 0 Å². The van der Waals surface area contributed by atoms with Crippen molar-refractivity contribution >= 4 is 22.6 Å². The predicted molar refractivity (Wildman–Crippen MR) is 91.7 cm³/mol. The SMILES string of the molecule is Cc1cc(NC(=O)C(C)(C)C)n(-c2ccc3ccccc3n2)n1. The Hall–Kier alpha value is -2.69.